The predicted molar refractivity (Wildman–Crippen MR) is 77.7 cm³/mol. The van der Waals surface area contributed by atoms with E-state index in [-0.39, 0.29) is 11.5 Å². The first-order valence-corrected chi connectivity index (χ1v) is 8.46. The van der Waals surface area contributed by atoms with Gasteiger partial charge in [0.1, 0.15) is 5.60 Å². The van der Waals surface area contributed by atoms with Gasteiger partial charge >= 0.3 is 0 Å². The van der Waals surface area contributed by atoms with Gasteiger partial charge in [0.2, 0.25) is 0 Å². The second kappa shape index (κ2) is 5.76. The summed E-state index contributed by atoms with van der Waals surface area (Å²) in [6.07, 6.45) is 11.1. The Kier molecular flexibility index (Phi) is 4.19. The maximum Gasteiger partial charge on any atom is 0.167 e. The molecule has 2 heterocycles. The molecule has 3 heteroatoms. The molecular formula is C17H28O3. The summed E-state index contributed by atoms with van der Waals surface area (Å²) in [6.45, 7) is 3.51. The van der Waals surface area contributed by atoms with E-state index >= 15 is 0 Å². The number of rotatable bonds is 2. The topological polar surface area (TPSA) is 35.5 Å². The molecule has 2 unspecified atom stereocenters. The highest BCUT2D eigenvalue weighted by Gasteiger charge is 2.46. The van der Waals surface area contributed by atoms with E-state index < -0.39 is 5.60 Å². The third kappa shape index (κ3) is 2.80. The Morgan fingerprint density at radius 2 is 1.70 bits per heavy atom. The van der Waals surface area contributed by atoms with Gasteiger partial charge in [-0.25, -0.2) is 0 Å². The third-order valence-electron chi connectivity index (χ3n) is 5.62. The highest BCUT2D eigenvalue weighted by atomic mass is 16.5. The molecule has 3 fully saturated rings. The Bertz CT molecular complexity index is 346. The molecule has 1 aliphatic carbocycles. The smallest absolute Gasteiger partial charge is 0.167 e. The fourth-order valence-electron chi connectivity index (χ4n) is 4.36. The molecule has 0 bridgehead atoms. The van der Waals surface area contributed by atoms with Crippen LogP contribution >= 0.6 is 0 Å². The van der Waals surface area contributed by atoms with Crippen molar-refractivity contribution in [1.29, 1.82) is 0 Å². The summed E-state index contributed by atoms with van der Waals surface area (Å²) in [4.78, 5) is 12.9. The highest BCUT2D eigenvalue weighted by Crippen LogP contribution is 2.42. The van der Waals surface area contributed by atoms with Crippen molar-refractivity contribution < 1.29 is 14.3 Å². The van der Waals surface area contributed by atoms with Gasteiger partial charge in [-0.15, -0.1) is 0 Å². The Balaban J connectivity index is 1.68. The second-order valence-electron chi connectivity index (χ2n) is 7.18. The quantitative estimate of drug-likeness (QED) is 0.774. The van der Waals surface area contributed by atoms with E-state index in [9.17, 15) is 4.79 Å². The monoisotopic (exact) mass is 280 g/mol. The Morgan fingerprint density at radius 1 is 0.950 bits per heavy atom. The molecule has 2 saturated heterocycles. The summed E-state index contributed by atoms with van der Waals surface area (Å²) in [5.74, 6) is 0.510. The average Bonchev–Trinajstić information content (AvgIpc) is 2.48. The standard InChI is InChI=1S/C17H28O3/c1-16(8-5-6-11-19-16)15(18)14-7-12-20-17(13-14)9-3-2-4-10-17/h14H,2-13H2,1H3. The van der Waals surface area contributed by atoms with Gasteiger partial charge in [0.05, 0.1) is 5.60 Å². The normalized spacial score (nSPS) is 37.8. The van der Waals surface area contributed by atoms with Crippen LogP contribution in [0, 0.1) is 5.92 Å². The van der Waals surface area contributed by atoms with Crippen LogP contribution < -0.4 is 0 Å². The first-order valence-electron chi connectivity index (χ1n) is 8.46. The zero-order valence-corrected chi connectivity index (χ0v) is 12.8. The van der Waals surface area contributed by atoms with Crippen molar-refractivity contribution in [3.05, 3.63) is 0 Å². The number of carbonyl (C=O) groups excluding carboxylic acids is 1. The molecule has 114 valence electrons. The predicted octanol–water partition coefficient (Wildman–Crippen LogP) is 3.64. The molecule has 0 aromatic rings. The summed E-state index contributed by atoms with van der Waals surface area (Å²) in [5.41, 5.74) is -0.502. The van der Waals surface area contributed by atoms with Gasteiger partial charge in [0.15, 0.2) is 5.78 Å². The summed E-state index contributed by atoms with van der Waals surface area (Å²) >= 11 is 0. The van der Waals surface area contributed by atoms with Gasteiger partial charge in [-0.3, -0.25) is 4.79 Å². The Morgan fingerprint density at radius 3 is 2.40 bits per heavy atom. The summed E-state index contributed by atoms with van der Waals surface area (Å²) < 4.78 is 12.0. The SMILES string of the molecule is CC1(C(=O)C2CCOC3(CCCCC3)C2)CCCCO1. The molecule has 0 N–H and O–H groups in total. The van der Waals surface area contributed by atoms with Crippen LogP contribution in [0.5, 0.6) is 0 Å². The maximum atomic E-state index is 12.9. The van der Waals surface area contributed by atoms with E-state index in [0.29, 0.717) is 5.78 Å². The lowest BCUT2D eigenvalue weighted by atomic mass is 9.72. The van der Waals surface area contributed by atoms with Crippen LogP contribution in [0.3, 0.4) is 0 Å². The summed E-state index contributed by atoms with van der Waals surface area (Å²) in [6, 6.07) is 0. The number of ether oxygens (including phenoxy) is 2. The fourth-order valence-corrected chi connectivity index (χ4v) is 4.36. The summed E-state index contributed by atoms with van der Waals surface area (Å²) in [5, 5.41) is 0. The molecule has 1 spiro atoms. The maximum absolute atomic E-state index is 12.9. The van der Waals surface area contributed by atoms with E-state index in [1.807, 2.05) is 6.92 Å². The average molecular weight is 280 g/mol. The molecule has 3 aliphatic rings. The lowest BCUT2D eigenvalue weighted by molar-refractivity contribution is -0.166. The van der Waals surface area contributed by atoms with Gasteiger partial charge in [0, 0.05) is 19.1 Å². The minimum atomic E-state index is -0.518. The van der Waals surface area contributed by atoms with E-state index in [2.05, 4.69) is 0 Å². The van der Waals surface area contributed by atoms with Crippen LogP contribution in [0.2, 0.25) is 0 Å². The van der Waals surface area contributed by atoms with Crippen LogP contribution in [0.15, 0.2) is 0 Å². The van der Waals surface area contributed by atoms with Gasteiger partial charge in [-0.2, -0.15) is 0 Å². The van der Waals surface area contributed by atoms with Crippen molar-refractivity contribution in [3.8, 4) is 0 Å². The Hall–Kier alpha value is -0.410. The largest absolute Gasteiger partial charge is 0.375 e. The summed E-state index contributed by atoms with van der Waals surface area (Å²) in [7, 11) is 0. The minimum Gasteiger partial charge on any atom is -0.375 e. The van der Waals surface area contributed by atoms with Crippen molar-refractivity contribution in [1.82, 2.24) is 0 Å². The van der Waals surface area contributed by atoms with Crippen LogP contribution in [0.1, 0.15) is 71.1 Å². The van der Waals surface area contributed by atoms with Crippen LogP contribution in [0.4, 0.5) is 0 Å². The lowest BCUT2D eigenvalue weighted by Gasteiger charge is -2.45. The van der Waals surface area contributed by atoms with Gasteiger partial charge in [-0.1, -0.05) is 19.3 Å². The van der Waals surface area contributed by atoms with Crippen molar-refractivity contribution in [2.75, 3.05) is 13.2 Å². The molecule has 2 aliphatic heterocycles. The second-order valence-corrected chi connectivity index (χ2v) is 7.18. The van der Waals surface area contributed by atoms with Crippen molar-refractivity contribution in [2.45, 2.75) is 82.3 Å². The van der Waals surface area contributed by atoms with E-state index in [4.69, 9.17) is 9.47 Å². The molecule has 2 atom stereocenters. The fraction of sp³-hybridized carbons (Fsp3) is 0.941. The molecular weight excluding hydrogens is 252 g/mol. The molecule has 0 aromatic heterocycles. The van der Waals surface area contributed by atoms with Gasteiger partial charge in [-0.05, 0) is 51.9 Å². The number of ketones is 1. The molecule has 3 rings (SSSR count). The van der Waals surface area contributed by atoms with Crippen molar-refractivity contribution >= 4 is 5.78 Å². The number of Topliss-reactive ketones (excluding diaryl/α,β-unsaturated/α-hetero) is 1. The van der Waals surface area contributed by atoms with Crippen LogP contribution in [-0.4, -0.2) is 30.2 Å². The highest BCUT2D eigenvalue weighted by molar-refractivity contribution is 5.89. The van der Waals surface area contributed by atoms with E-state index in [1.165, 1.54) is 19.3 Å². The number of hydrogen-bond donors (Lipinski definition) is 0. The van der Waals surface area contributed by atoms with Crippen molar-refractivity contribution in [3.63, 3.8) is 0 Å². The van der Waals surface area contributed by atoms with Crippen molar-refractivity contribution in [2.24, 2.45) is 5.92 Å². The number of carbonyl (C=O) groups is 1. The van der Waals surface area contributed by atoms with Crippen LogP contribution in [0.25, 0.3) is 0 Å². The van der Waals surface area contributed by atoms with Gasteiger partial charge in [0.25, 0.3) is 0 Å². The van der Waals surface area contributed by atoms with E-state index in [0.717, 1.165) is 58.2 Å². The number of hydrogen-bond acceptors (Lipinski definition) is 3. The van der Waals surface area contributed by atoms with Gasteiger partial charge < -0.3 is 9.47 Å². The molecule has 3 nitrogen and oxygen atoms in total. The molecule has 0 aromatic carbocycles. The zero-order valence-electron chi connectivity index (χ0n) is 12.8. The first-order chi connectivity index (χ1) is 9.64. The lowest BCUT2D eigenvalue weighted by Crippen LogP contribution is -2.50. The molecule has 0 amide bonds. The Labute approximate surface area is 122 Å². The molecule has 1 saturated carbocycles. The van der Waals surface area contributed by atoms with Crippen LogP contribution in [-0.2, 0) is 14.3 Å². The molecule has 0 radical (unpaired) electrons. The van der Waals surface area contributed by atoms with E-state index in [1.54, 1.807) is 0 Å². The molecule has 20 heavy (non-hydrogen) atoms. The first kappa shape index (κ1) is 14.5. The third-order valence-corrected chi connectivity index (χ3v) is 5.62. The zero-order chi connectivity index (χ0) is 14.1. The minimum absolute atomic E-state index is 0.0157.